The van der Waals surface area contributed by atoms with E-state index >= 15 is 0 Å². The molecule has 0 aliphatic rings. The second kappa shape index (κ2) is 8.90. The number of nitro groups is 1. The first kappa shape index (κ1) is 19.5. The number of nitrogens with zero attached hydrogens (tertiary/aromatic N) is 1. The van der Waals surface area contributed by atoms with Crippen LogP contribution in [-0.2, 0) is 19.1 Å². The van der Waals surface area contributed by atoms with Gasteiger partial charge in [0.25, 0.3) is 0 Å². The summed E-state index contributed by atoms with van der Waals surface area (Å²) >= 11 is 0. The number of ether oxygens (including phenoxy) is 2. The molecule has 0 spiro atoms. The van der Waals surface area contributed by atoms with Crippen LogP contribution in [0.15, 0.2) is 18.2 Å². The normalized spacial score (nSPS) is 11.9. The van der Waals surface area contributed by atoms with Crippen molar-refractivity contribution in [2.75, 3.05) is 19.8 Å². The van der Waals surface area contributed by atoms with Gasteiger partial charge in [0.1, 0.15) is 11.6 Å². The maximum atomic E-state index is 13.4. The number of carbonyl (C=O) groups is 2. The predicted octanol–water partition coefficient (Wildman–Crippen LogP) is 2.07. The van der Waals surface area contributed by atoms with Gasteiger partial charge in [-0.25, -0.2) is 8.78 Å². The van der Waals surface area contributed by atoms with Crippen LogP contribution in [-0.4, -0.2) is 36.6 Å². The van der Waals surface area contributed by atoms with Crippen LogP contribution in [0.5, 0.6) is 0 Å². The van der Waals surface area contributed by atoms with Crippen molar-refractivity contribution in [3.05, 3.63) is 45.5 Å². The molecule has 0 fully saturated rings. The molecule has 0 aromatic heterocycles. The molecule has 9 heteroatoms. The number of esters is 2. The smallest absolute Gasteiger partial charge is 0.321 e. The predicted molar refractivity (Wildman–Crippen MR) is 77.7 cm³/mol. The Morgan fingerprint density at radius 3 is 1.92 bits per heavy atom. The molecule has 1 atom stereocenters. The van der Waals surface area contributed by atoms with Gasteiger partial charge in [0.05, 0.1) is 19.1 Å². The van der Waals surface area contributed by atoms with Crippen molar-refractivity contribution in [3.8, 4) is 0 Å². The van der Waals surface area contributed by atoms with Crippen LogP contribution in [0.3, 0.4) is 0 Å². The molecule has 0 saturated carbocycles. The number of rotatable bonds is 8. The van der Waals surface area contributed by atoms with Gasteiger partial charge in [-0.15, -0.1) is 0 Å². The Morgan fingerprint density at radius 2 is 1.54 bits per heavy atom. The molecule has 1 rings (SSSR count). The molecule has 0 aliphatic heterocycles. The number of benzene rings is 1. The number of halogens is 2. The number of hydrogen-bond acceptors (Lipinski definition) is 6. The van der Waals surface area contributed by atoms with Gasteiger partial charge in [-0.2, -0.15) is 0 Å². The molecule has 24 heavy (non-hydrogen) atoms. The van der Waals surface area contributed by atoms with E-state index in [0.29, 0.717) is 6.07 Å². The maximum absolute atomic E-state index is 13.4. The molecule has 1 aromatic rings. The van der Waals surface area contributed by atoms with Crippen LogP contribution in [0.25, 0.3) is 0 Å². The Labute approximate surface area is 136 Å². The highest BCUT2D eigenvalue weighted by atomic mass is 19.1. The summed E-state index contributed by atoms with van der Waals surface area (Å²) < 4.78 is 36.4. The Kier molecular flexibility index (Phi) is 7.22. The standard InChI is InChI=1S/C15H17F2NO6/c1-3-23-14(19)13(15(20)24-4-2)12(8-18(21)22)9-5-10(16)7-11(17)6-9/h5-7,12-13H,3-4,8H2,1-2H3/t12-/m0/s1. The summed E-state index contributed by atoms with van der Waals surface area (Å²) in [6, 6.07) is 2.25. The topological polar surface area (TPSA) is 95.7 Å². The lowest BCUT2D eigenvalue weighted by molar-refractivity contribution is -0.484. The third-order valence-corrected chi connectivity index (χ3v) is 3.14. The molecule has 132 valence electrons. The van der Waals surface area contributed by atoms with Crippen molar-refractivity contribution in [2.45, 2.75) is 19.8 Å². The summed E-state index contributed by atoms with van der Waals surface area (Å²) in [4.78, 5) is 34.3. The Hall–Kier alpha value is -2.58. The molecular weight excluding hydrogens is 328 g/mol. The molecular formula is C15H17F2NO6. The van der Waals surface area contributed by atoms with E-state index in [-0.39, 0.29) is 18.8 Å². The first-order chi connectivity index (χ1) is 11.3. The Balaban J connectivity index is 3.36. The second-order valence-electron chi connectivity index (χ2n) is 4.81. The van der Waals surface area contributed by atoms with E-state index < -0.39 is 46.9 Å². The van der Waals surface area contributed by atoms with Crippen molar-refractivity contribution in [1.82, 2.24) is 0 Å². The number of hydrogen-bond donors (Lipinski definition) is 0. The highest BCUT2D eigenvalue weighted by Gasteiger charge is 2.41. The highest BCUT2D eigenvalue weighted by molar-refractivity contribution is 5.96. The van der Waals surface area contributed by atoms with Gasteiger partial charge in [-0.05, 0) is 31.5 Å². The second-order valence-corrected chi connectivity index (χ2v) is 4.81. The quantitative estimate of drug-likeness (QED) is 0.310. The van der Waals surface area contributed by atoms with Crippen LogP contribution in [0.1, 0.15) is 25.3 Å². The minimum Gasteiger partial charge on any atom is -0.465 e. The molecule has 0 aliphatic carbocycles. The first-order valence-corrected chi connectivity index (χ1v) is 7.21. The van der Waals surface area contributed by atoms with Gasteiger partial charge >= 0.3 is 11.9 Å². The van der Waals surface area contributed by atoms with Gasteiger partial charge in [0.15, 0.2) is 5.92 Å². The zero-order valence-electron chi connectivity index (χ0n) is 13.2. The minimum atomic E-state index is -1.70. The zero-order chi connectivity index (χ0) is 18.3. The molecule has 0 unspecified atom stereocenters. The summed E-state index contributed by atoms with van der Waals surface area (Å²) in [6.07, 6.45) is 0. The Morgan fingerprint density at radius 1 is 1.08 bits per heavy atom. The lowest BCUT2D eigenvalue weighted by Gasteiger charge is -2.21. The summed E-state index contributed by atoms with van der Waals surface area (Å²) in [5, 5.41) is 10.9. The fourth-order valence-electron chi connectivity index (χ4n) is 2.24. The zero-order valence-corrected chi connectivity index (χ0v) is 13.2. The van der Waals surface area contributed by atoms with E-state index in [1.165, 1.54) is 13.8 Å². The molecule has 0 saturated heterocycles. The average Bonchev–Trinajstić information content (AvgIpc) is 2.45. The summed E-state index contributed by atoms with van der Waals surface area (Å²) in [5.74, 6) is -7.19. The fourth-order valence-corrected chi connectivity index (χ4v) is 2.24. The lowest BCUT2D eigenvalue weighted by atomic mass is 9.85. The molecule has 0 radical (unpaired) electrons. The van der Waals surface area contributed by atoms with E-state index in [4.69, 9.17) is 9.47 Å². The summed E-state index contributed by atoms with van der Waals surface area (Å²) in [7, 11) is 0. The van der Waals surface area contributed by atoms with Gasteiger partial charge in [0.2, 0.25) is 6.54 Å². The van der Waals surface area contributed by atoms with Gasteiger partial charge in [-0.1, -0.05) is 0 Å². The van der Waals surface area contributed by atoms with E-state index in [1.54, 1.807) is 0 Å². The van der Waals surface area contributed by atoms with Crippen LogP contribution < -0.4 is 0 Å². The Bertz CT molecular complexity index is 584. The largest absolute Gasteiger partial charge is 0.465 e. The SMILES string of the molecule is CCOC(=O)C(C(=O)OCC)[C@@H](C[N+](=O)[O-])c1cc(F)cc(F)c1. The minimum absolute atomic E-state index is 0.0720. The third kappa shape index (κ3) is 5.25. The fraction of sp³-hybridized carbons (Fsp3) is 0.467. The average molecular weight is 345 g/mol. The summed E-state index contributed by atoms with van der Waals surface area (Å²) in [5.41, 5.74) is -0.199. The van der Waals surface area contributed by atoms with Gasteiger partial charge in [-0.3, -0.25) is 19.7 Å². The lowest BCUT2D eigenvalue weighted by Crippen LogP contribution is -2.36. The first-order valence-electron chi connectivity index (χ1n) is 7.21. The molecule has 1 aromatic carbocycles. The van der Waals surface area contributed by atoms with Gasteiger partial charge in [0, 0.05) is 11.0 Å². The van der Waals surface area contributed by atoms with Crippen LogP contribution in [0.2, 0.25) is 0 Å². The molecule has 0 N–H and O–H groups in total. The molecule has 0 heterocycles. The van der Waals surface area contributed by atoms with E-state index in [2.05, 4.69) is 0 Å². The van der Waals surface area contributed by atoms with E-state index in [9.17, 15) is 28.5 Å². The summed E-state index contributed by atoms with van der Waals surface area (Å²) in [6.45, 7) is 1.94. The van der Waals surface area contributed by atoms with Crippen molar-refractivity contribution in [1.29, 1.82) is 0 Å². The molecule has 0 amide bonds. The van der Waals surface area contributed by atoms with E-state index in [1.807, 2.05) is 0 Å². The maximum Gasteiger partial charge on any atom is 0.321 e. The van der Waals surface area contributed by atoms with Crippen molar-refractivity contribution < 1.29 is 32.8 Å². The molecule has 0 bridgehead atoms. The van der Waals surface area contributed by atoms with Crippen LogP contribution in [0, 0.1) is 27.7 Å². The van der Waals surface area contributed by atoms with Crippen molar-refractivity contribution in [3.63, 3.8) is 0 Å². The van der Waals surface area contributed by atoms with Crippen molar-refractivity contribution in [2.24, 2.45) is 5.92 Å². The van der Waals surface area contributed by atoms with E-state index in [0.717, 1.165) is 12.1 Å². The van der Waals surface area contributed by atoms with Crippen LogP contribution >= 0.6 is 0 Å². The van der Waals surface area contributed by atoms with Crippen molar-refractivity contribution >= 4 is 11.9 Å². The highest BCUT2D eigenvalue weighted by Crippen LogP contribution is 2.29. The third-order valence-electron chi connectivity index (χ3n) is 3.14. The monoisotopic (exact) mass is 345 g/mol. The van der Waals surface area contributed by atoms with Gasteiger partial charge < -0.3 is 9.47 Å². The number of carbonyl (C=O) groups excluding carboxylic acids is 2. The molecule has 7 nitrogen and oxygen atoms in total. The van der Waals surface area contributed by atoms with Crippen LogP contribution in [0.4, 0.5) is 8.78 Å².